The highest BCUT2D eigenvalue weighted by Gasteiger charge is 2.22. The number of carbonyl (C=O) groups is 1. The predicted octanol–water partition coefficient (Wildman–Crippen LogP) is 2.91. The molecule has 108 valence electrons. The van der Waals surface area contributed by atoms with E-state index in [2.05, 4.69) is 5.32 Å². The molecule has 2 aromatic rings. The van der Waals surface area contributed by atoms with Gasteiger partial charge in [0, 0.05) is 19.3 Å². The van der Waals surface area contributed by atoms with Crippen LogP contribution in [0.5, 0.6) is 5.75 Å². The van der Waals surface area contributed by atoms with E-state index in [9.17, 15) is 9.18 Å². The largest absolute Gasteiger partial charge is 0.489 e. The zero-order chi connectivity index (χ0) is 14.8. The van der Waals surface area contributed by atoms with Crippen LogP contribution in [0.25, 0.3) is 0 Å². The molecule has 1 aliphatic rings. The Hall–Kier alpha value is -2.56. The summed E-state index contributed by atoms with van der Waals surface area (Å²) in [7, 11) is 1.62. The van der Waals surface area contributed by atoms with Gasteiger partial charge in [0.25, 0.3) is 5.91 Å². The van der Waals surface area contributed by atoms with Crippen LogP contribution in [0.3, 0.4) is 0 Å². The maximum atomic E-state index is 13.3. The van der Waals surface area contributed by atoms with Crippen molar-refractivity contribution >= 4 is 17.3 Å². The highest BCUT2D eigenvalue weighted by atomic mass is 19.1. The zero-order valence-corrected chi connectivity index (χ0v) is 11.6. The first-order valence-electron chi connectivity index (χ1n) is 6.70. The molecule has 5 heteroatoms. The molecule has 1 N–H and O–H groups in total. The number of carbonyl (C=O) groups excluding carboxylic acids is 1. The summed E-state index contributed by atoms with van der Waals surface area (Å²) in [5.41, 5.74) is 1.77. The van der Waals surface area contributed by atoms with Crippen molar-refractivity contribution in [2.75, 3.05) is 30.4 Å². The summed E-state index contributed by atoms with van der Waals surface area (Å²) in [5.74, 6) is -0.0571. The number of ether oxygens (including phenoxy) is 1. The molecule has 0 aromatic heterocycles. The Balaban J connectivity index is 1.95. The van der Waals surface area contributed by atoms with Gasteiger partial charge in [0.05, 0.1) is 11.3 Å². The van der Waals surface area contributed by atoms with Crippen molar-refractivity contribution in [3.05, 3.63) is 53.8 Å². The number of hydrogen-bond acceptors (Lipinski definition) is 3. The highest BCUT2D eigenvalue weighted by Crippen LogP contribution is 2.32. The second-order valence-electron chi connectivity index (χ2n) is 4.80. The fourth-order valence-corrected chi connectivity index (χ4v) is 2.32. The fourth-order valence-electron chi connectivity index (χ4n) is 2.32. The number of rotatable bonds is 2. The molecule has 3 rings (SSSR count). The van der Waals surface area contributed by atoms with Crippen molar-refractivity contribution in [1.29, 1.82) is 0 Å². The van der Waals surface area contributed by atoms with Crippen LogP contribution in [0.15, 0.2) is 42.5 Å². The second kappa shape index (κ2) is 5.44. The Morgan fingerprint density at radius 1 is 1.29 bits per heavy atom. The van der Waals surface area contributed by atoms with Crippen LogP contribution in [0.1, 0.15) is 10.4 Å². The van der Waals surface area contributed by atoms with Gasteiger partial charge in [-0.2, -0.15) is 0 Å². The molecule has 0 saturated heterocycles. The molecule has 21 heavy (non-hydrogen) atoms. The Kier molecular flexibility index (Phi) is 3.48. The van der Waals surface area contributed by atoms with Gasteiger partial charge in [-0.05, 0) is 30.3 Å². The van der Waals surface area contributed by atoms with Gasteiger partial charge in [0.2, 0.25) is 0 Å². The molecule has 1 aliphatic heterocycles. The van der Waals surface area contributed by atoms with Crippen LogP contribution >= 0.6 is 0 Å². The van der Waals surface area contributed by atoms with Gasteiger partial charge >= 0.3 is 0 Å². The van der Waals surface area contributed by atoms with Crippen LogP contribution in [0.2, 0.25) is 0 Å². The summed E-state index contributed by atoms with van der Waals surface area (Å²) >= 11 is 0. The van der Waals surface area contributed by atoms with Crippen LogP contribution in [-0.4, -0.2) is 26.1 Å². The SMILES string of the molecule is CN(C(=O)c1cccc2c1OCCN2)c1cccc(F)c1. The number of nitrogens with one attached hydrogen (secondary N) is 1. The summed E-state index contributed by atoms with van der Waals surface area (Å²) in [6.45, 7) is 1.23. The second-order valence-corrected chi connectivity index (χ2v) is 4.80. The molecule has 0 fully saturated rings. The normalized spacial score (nSPS) is 12.9. The monoisotopic (exact) mass is 286 g/mol. The number of fused-ring (bicyclic) bond motifs is 1. The fraction of sp³-hybridized carbons (Fsp3) is 0.188. The van der Waals surface area contributed by atoms with E-state index in [0.29, 0.717) is 30.2 Å². The molecule has 2 aromatic carbocycles. The maximum absolute atomic E-state index is 13.3. The summed E-state index contributed by atoms with van der Waals surface area (Å²) in [4.78, 5) is 14.0. The van der Waals surface area contributed by atoms with Crippen molar-refractivity contribution < 1.29 is 13.9 Å². The Morgan fingerprint density at radius 2 is 2.10 bits per heavy atom. The van der Waals surface area contributed by atoms with Gasteiger partial charge in [0.15, 0.2) is 5.75 Å². The van der Waals surface area contributed by atoms with E-state index < -0.39 is 0 Å². The minimum atomic E-state index is -0.375. The van der Waals surface area contributed by atoms with Crippen LogP contribution in [-0.2, 0) is 0 Å². The minimum absolute atomic E-state index is 0.235. The lowest BCUT2D eigenvalue weighted by Gasteiger charge is -2.24. The lowest BCUT2D eigenvalue weighted by molar-refractivity contribution is 0.0989. The number of nitrogens with zero attached hydrogens (tertiary/aromatic N) is 1. The van der Waals surface area contributed by atoms with Crippen molar-refractivity contribution in [2.45, 2.75) is 0 Å². The number of hydrogen-bond donors (Lipinski definition) is 1. The lowest BCUT2D eigenvalue weighted by atomic mass is 10.1. The minimum Gasteiger partial charge on any atom is -0.489 e. The molecule has 0 radical (unpaired) electrons. The third-order valence-corrected chi connectivity index (χ3v) is 3.41. The Labute approximate surface area is 122 Å². The number of amides is 1. The standard InChI is InChI=1S/C16H15FN2O2/c1-19(12-5-2-4-11(17)10-12)16(20)13-6-3-7-14-15(13)21-9-8-18-14/h2-7,10,18H,8-9H2,1H3. The van der Waals surface area contributed by atoms with Crippen molar-refractivity contribution in [2.24, 2.45) is 0 Å². The van der Waals surface area contributed by atoms with Gasteiger partial charge in [-0.3, -0.25) is 4.79 Å². The van der Waals surface area contributed by atoms with E-state index in [4.69, 9.17) is 4.74 Å². The summed E-state index contributed by atoms with van der Waals surface area (Å²) in [6, 6.07) is 11.3. The number of anilines is 2. The summed E-state index contributed by atoms with van der Waals surface area (Å²) in [5, 5.41) is 3.19. The van der Waals surface area contributed by atoms with Crippen molar-refractivity contribution in [3.63, 3.8) is 0 Å². The third-order valence-electron chi connectivity index (χ3n) is 3.41. The van der Waals surface area contributed by atoms with Gasteiger partial charge in [-0.15, -0.1) is 0 Å². The van der Waals surface area contributed by atoms with E-state index >= 15 is 0 Å². The highest BCUT2D eigenvalue weighted by molar-refractivity contribution is 6.08. The van der Waals surface area contributed by atoms with E-state index in [1.165, 1.54) is 17.0 Å². The Bertz CT molecular complexity index is 688. The van der Waals surface area contributed by atoms with Crippen LogP contribution in [0, 0.1) is 5.82 Å². The molecule has 0 saturated carbocycles. The first-order chi connectivity index (χ1) is 10.2. The summed E-state index contributed by atoms with van der Waals surface area (Å²) < 4.78 is 18.9. The predicted molar refractivity (Wildman–Crippen MR) is 79.6 cm³/mol. The van der Waals surface area contributed by atoms with E-state index in [0.717, 1.165) is 5.69 Å². The number of para-hydroxylation sites is 1. The van der Waals surface area contributed by atoms with Crippen molar-refractivity contribution in [3.8, 4) is 5.75 Å². The molecule has 0 unspecified atom stereocenters. The summed E-state index contributed by atoms with van der Waals surface area (Å²) in [6.07, 6.45) is 0. The zero-order valence-electron chi connectivity index (χ0n) is 11.6. The molecule has 1 amide bonds. The van der Waals surface area contributed by atoms with E-state index in [-0.39, 0.29) is 11.7 Å². The molecule has 0 aliphatic carbocycles. The van der Waals surface area contributed by atoms with Gasteiger partial charge in [-0.25, -0.2) is 4.39 Å². The average molecular weight is 286 g/mol. The lowest BCUT2D eigenvalue weighted by Crippen LogP contribution is -2.28. The molecular weight excluding hydrogens is 271 g/mol. The first-order valence-corrected chi connectivity index (χ1v) is 6.70. The number of halogens is 1. The molecular formula is C16H15FN2O2. The van der Waals surface area contributed by atoms with Crippen molar-refractivity contribution in [1.82, 2.24) is 0 Å². The Morgan fingerprint density at radius 3 is 2.90 bits per heavy atom. The van der Waals surface area contributed by atoms with Crippen LogP contribution < -0.4 is 15.0 Å². The third kappa shape index (κ3) is 2.54. The topological polar surface area (TPSA) is 41.6 Å². The quantitative estimate of drug-likeness (QED) is 0.923. The number of benzene rings is 2. The van der Waals surface area contributed by atoms with E-state index in [1.54, 1.807) is 31.3 Å². The molecule has 1 heterocycles. The van der Waals surface area contributed by atoms with Gasteiger partial charge in [-0.1, -0.05) is 12.1 Å². The van der Waals surface area contributed by atoms with Gasteiger partial charge < -0.3 is 15.0 Å². The molecule has 0 atom stereocenters. The molecule has 0 spiro atoms. The average Bonchev–Trinajstić information content (AvgIpc) is 2.53. The van der Waals surface area contributed by atoms with Crippen LogP contribution in [0.4, 0.5) is 15.8 Å². The smallest absolute Gasteiger partial charge is 0.261 e. The van der Waals surface area contributed by atoms with Gasteiger partial charge in [0.1, 0.15) is 12.4 Å². The first kappa shape index (κ1) is 13.4. The molecule has 0 bridgehead atoms. The van der Waals surface area contributed by atoms with E-state index in [1.807, 2.05) is 6.07 Å². The molecule has 4 nitrogen and oxygen atoms in total. The maximum Gasteiger partial charge on any atom is 0.261 e.